The van der Waals surface area contributed by atoms with E-state index in [0.29, 0.717) is 6.04 Å². The largest absolute Gasteiger partial charge is 0.358 e. The second kappa shape index (κ2) is 4.26. The van der Waals surface area contributed by atoms with Gasteiger partial charge in [-0.05, 0) is 25.5 Å². The van der Waals surface area contributed by atoms with E-state index in [1.807, 2.05) is 12.1 Å². The third-order valence-electron chi connectivity index (χ3n) is 3.15. The van der Waals surface area contributed by atoms with Gasteiger partial charge in [0.1, 0.15) is 0 Å². The fraction of sp³-hybridized carbons (Fsp3) is 0.462. The smallest absolute Gasteiger partial charge is 0.169 e. The van der Waals surface area contributed by atoms with Gasteiger partial charge < -0.3 is 10.6 Å². The first-order chi connectivity index (χ1) is 7.65. The Morgan fingerprint density at radius 2 is 2.19 bits per heavy atom. The van der Waals surface area contributed by atoms with Crippen LogP contribution in [0.25, 0.3) is 0 Å². The van der Waals surface area contributed by atoms with Crippen molar-refractivity contribution < 1.29 is 4.79 Å². The second-order valence-electron chi connectivity index (χ2n) is 4.52. The van der Waals surface area contributed by atoms with Gasteiger partial charge in [0.25, 0.3) is 0 Å². The molecule has 3 heteroatoms. The average Bonchev–Trinajstić information content (AvgIpc) is 2.67. The van der Waals surface area contributed by atoms with Gasteiger partial charge in [0.05, 0.1) is 12.6 Å². The van der Waals surface area contributed by atoms with Gasteiger partial charge in [0.15, 0.2) is 5.78 Å². The molecule has 0 bridgehead atoms. The molecule has 1 unspecified atom stereocenters. The summed E-state index contributed by atoms with van der Waals surface area (Å²) in [5.74, 6) is 0.130. The third kappa shape index (κ3) is 1.71. The quantitative estimate of drug-likeness (QED) is 0.833. The summed E-state index contributed by atoms with van der Waals surface area (Å²) in [6.07, 6.45) is 0.796. The van der Waals surface area contributed by atoms with Crippen molar-refractivity contribution in [1.29, 1.82) is 0 Å². The van der Waals surface area contributed by atoms with Crippen molar-refractivity contribution in [2.45, 2.75) is 32.4 Å². The van der Waals surface area contributed by atoms with Crippen molar-refractivity contribution in [3.05, 3.63) is 29.8 Å². The maximum absolute atomic E-state index is 11.8. The number of ketones is 1. The van der Waals surface area contributed by atoms with Gasteiger partial charge in [-0.15, -0.1) is 0 Å². The number of carbonyl (C=O) groups is 1. The minimum atomic E-state index is -0.0672. The third-order valence-corrected chi connectivity index (χ3v) is 3.15. The van der Waals surface area contributed by atoms with Crippen LogP contribution in [0.2, 0.25) is 0 Å². The summed E-state index contributed by atoms with van der Waals surface area (Å²) in [5.41, 5.74) is 7.91. The Morgan fingerprint density at radius 1 is 1.50 bits per heavy atom. The van der Waals surface area contributed by atoms with Crippen molar-refractivity contribution in [1.82, 2.24) is 0 Å². The van der Waals surface area contributed by atoms with Crippen molar-refractivity contribution in [2.24, 2.45) is 5.73 Å². The molecular formula is C13H18N2O. The number of hydrogen-bond donors (Lipinski definition) is 1. The molecule has 1 aromatic carbocycles. The van der Waals surface area contributed by atoms with Crippen LogP contribution in [-0.2, 0) is 11.2 Å². The molecule has 0 fully saturated rings. The molecule has 1 aliphatic heterocycles. The highest BCUT2D eigenvalue weighted by Gasteiger charge is 2.34. The maximum atomic E-state index is 11.8. The first kappa shape index (κ1) is 11.1. The number of nitrogens with zero attached hydrogens (tertiary/aromatic N) is 1. The molecule has 1 aliphatic rings. The average molecular weight is 218 g/mol. The summed E-state index contributed by atoms with van der Waals surface area (Å²) in [4.78, 5) is 14.0. The number of rotatable bonds is 3. The Hall–Kier alpha value is -1.35. The predicted octanol–water partition coefficient (Wildman–Crippen LogP) is 1.35. The summed E-state index contributed by atoms with van der Waals surface area (Å²) in [7, 11) is 0. The van der Waals surface area contributed by atoms with Crippen LogP contribution < -0.4 is 10.6 Å². The van der Waals surface area contributed by atoms with E-state index in [2.05, 4.69) is 30.9 Å². The van der Waals surface area contributed by atoms with E-state index in [0.717, 1.165) is 6.42 Å². The Morgan fingerprint density at radius 3 is 2.81 bits per heavy atom. The first-order valence-electron chi connectivity index (χ1n) is 5.74. The van der Waals surface area contributed by atoms with Gasteiger partial charge in [0.2, 0.25) is 0 Å². The van der Waals surface area contributed by atoms with Crippen molar-refractivity contribution in [2.75, 3.05) is 11.4 Å². The van der Waals surface area contributed by atoms with Crippen molar-refractivity contribution >= 4 is 11.5 Å². The van der Waals surface area contributed by atoms with Gasteiger partial charge in [-0.3, -0.25) is 4.79 Å². The topological polar surface area (TPSA) is 46.3 Å². The molecule has 0 saturated heterocycles. The highest BCUT2D eigenvalue weighted by molar-refractivity contribution is 5.91. The molecule has 0 amide bonds. The fourth-order valence-corrected chi connectivity index (χ4v) is 2.45. The molecule has 0 aromatic heterocycles. The zero-order valence-corrected chi connectivity index (χ0v) is 9.81. The second-order valence-corrected chi connectivity index (χ2v) is 4.52. The Balaban J connectivity index is 2.37. The molecule has 2 N–H and O–H groups in total. The molecule has 0 aliphatic carbocycles. The zero-order chi connectivity index (χ0) is 11.7. The number of benzene rings is 1. The van der Waals surface area contributed by atoms with Crippen LogP contribution in [0.5, 0.6) is 0 Å². The van der Waals surface area contributed by atoms with Crippen molar-refractivity contribution in [3.8, 4) is 0 Å². The summed E-state index contributed by atoms with van der Waals surface area (Å²) in [6.45, 7) is 4.35. The Bertz CT molecular complexity index is 401. The van der Waals surface area contributed by atoms with E-state index < -0.39 is 0 Å². The predicted molar refractivity (Wildman–Crippen MR) is 65.6 cm³/mol. The molecule has 3 nitrogen and oxygen atoms in total. The number of nitrogens with two attached hydrogens (primary N) is 1. The van der Waals surface area contributed by atoms with Gasteiger partial charge in [0, 0.05) is 18.2 Å². The Labute approximate surface area is 96.2 Å². The van der Waals surface area contributed by atoms with Gasteiger partial charge in [-0.2, -0.15) is 0 Å². The van der Waals surface area contributed by atoms with E-state index in [-0.39, 0.29) is 18.4 Å². The molecule has 1 heterocycles. The van der Waals surface area contributed by atoms with Gasteiger partial charge in [-0.1, -0.05) is 18.2 Å². The van der Waals surface area contributed by atoms with E-state index in [9.17, 15) is 4.79 Å². The van der Waals surface area contributed by atoms with E-state index in [1.165, 1.54) is 11.3 Å². The molecule has 2 rings (SSSR count). The van der Waals surface area contributed by atoms with E-state index >= 15 is 0 Å². The molecule has 86 valence electrons. The SMILES string of the molecule is CC(C)N1c2ccccc2CC1C(=O)CN. The molecule has 0 spiro atoms. The number of anilines is 1. The van der Waals surface area contributed by atoms with Crippen LogP contribution in [0.3, 0.4) is 0 Å². The van der Waals surface area contributed by atoms with Crippen LogP contribution in [0, 0.1) is 0 Å². The lowest BCUT2D eigenvalue weighted by Crippen LogP contribution is -2.45. The molecule has 16 heavy (non-hydrogen) atoms. The summed E-state index contributed by atoms with van der Waals surface area (Å²) in [6, 6.07) is 8.47. The highest BCUT2D eigenvalue weighted by atomic mass is 16.1. The number of carbonyl (C=O) groups excluding carboxylic acids is 1. The summed E-state index contributed by atoms with van der Waals surface area (Å²) in [5, 5.41) is 0. The standard InChI is InChI=1S/C13H18N2O/c1-9(2)15-11-6-4-3-5-10(11)7-12(15)13(16)8-14/h3-6,9,12H,7-8,14H2,1-2H3. The minimum Gasteiger partial charge on any atom is -0.358 e. The zero-order valence-electron chi connectivity index (χ0n) is 9.81. The lowest BCUT2D eigenvalue weighted by molar-refractivity contribution is -0.119. The highest BCUT2D eigenvalue weighted by Crippen LogP contribution is 2.33. The maximum Gasteiger partial charge on any atom is 0.169 e. The monoisotopic (exact) mass is 218 g/mol. The minimum absolute atomic E-state index is 0.0672. The molecular weight excluding hydrogens is 200 g/mol. The van der Waals surface area contributed by atoms with Crippen LogP contribution in [0.1, 0.15) is 19.4 Å². The number of para-hydroxylation sites is 1. The number of fused-ring (bicyclic) bond motifs is 1. The number of hydrogen-bond acceptors (Lipinski definition) is 3. The Kier molecular flexibility index (Phi) is 2.97. The lowest BCUT2D eigenvalue weighted by atomic mass is 10.1. The molecule has 1 aromatic rings. The van der Waals surface area contributed by atoms with Gasteiger partial charge in [-0.25, -0.2) is 0 Å². The summed E-state index contributed by atoms with van der Waals surface area (Å²) < 4.78 is 0. The van der Waals surface area contributed by atoms with Crippen LogP contribution >= 0.6 is 0 Å². The molecule has 1 atom stereocenters. The first-order valence-corrected chi connectivity index (χ1v) is 5.74. The van der Waals surface area contributed by atoms with E-state index in [4.69, 9.17) is 5.73 Å². The van der Waals surface area contributed by atoms with Crippen LogP contribution in [0.4, 0.5) is 5.69 Å². The van der Waals surface area contributed by atoms with E-state index in [1.54, 1.807) is 0 Å². The van der Waals surface area contributed by atoms with Crippen LogP contribution in [0.15, 0.2) is 24.3 Å². The molecule has 0 radical (unpaired) electrons. The lowest BCUT2D eigenvalue weighted by Gasteiger charge is -2.30. The summed E-state index contributed by atoms with van der Waals surface area (Å²) >= 11 is 0. The molecule has 0 saturated carbocycles. The van der Waals surface area contributed by atoms with Gasteiger partial charge >= 0.3 is 0 Å². The normalized spacial score (nSPS) is 19.0. The van der Waals surface area contributed by atoms with Crippen molar-refractivity contribution in [3.63, 3.8) is 0 Å². The van der Waals surface area contributed by atoms with Crippen LogP contribution in [-0.4, -0.2) is 24.4 Å². The number of Topliss-reactive ketones (excluding diaryl/α,β-unsaturated/α-hetero) is 1. The fourth-order valence-electron chi connectivity index (χ4n) is 2.45.